The van der Waals surface area contributed by atoms with Crippen LogP contribution in [0.2, 0.25) is 0 Å². The van der Waals surface area contributed by atoms with Crippen LogP contribution in [0.1, 0.15) is 11.5 Å². The van der Waals surface area contributed by atoms with Gasteiger partial charge in [-0.15, -0.1) is 10.2 Å². The van der Waals surface area contributed by atoms with Gasteiger partial charge in [0.2, 0.25) is 0 Å². The summed E-state index contributed by atoms with van der Waals surface area (Å²) in [6.45, 7) is 0.573. The Kier molecular flexibility index (Phi) is 2.78. The highest BCUT2D eigenvalue weighted by Gasteiger charge is 2.00. The van der Waals surface area contributed by atoms with Crippen LogP contribution in [0.25, 0.3) is 0 Å². The minimum atomic E-state index is 0.407. The van der Waals surface area contributed by atoms with E-state index < -0.39 is 0 Å². The van der Waals surface area contributed by atoms with Crippen LogP contribution in [-0.2, 0) is 13.6 Å². The van der Waals surface area contributed by atoms with Crippen molar-refractivity contribution in [3.63, 3.8) is 0 Å². The van der Waals surface area contributed by atoms with Crippen LogP contribution in [0.3, 0.4) is 0 Å². The molecule has 80 valence electrons. The second kappa shape index (κ2) is 4.40. The van der Waals surface area contributed by atoms with Crippen molar-refractivity contribution >= 4 is 5.69 Å². The molecule has 1 N–H and O–H groups in total. The summed E-state index contributed by atoms with van der Waals surface area (Å²) in [6, 6.07) is 5.44. The normalized spacial score (nSPS) is 9.75. The monoisotopic (exact) mass is 214 g/mol. The summed E-state index contributed by atoms with van der Waals surface area (Å²) in [5.74, 6) is 0.837. The molecule has 0 fully saturated rings. The molecule has 0 aliphatic carbocycles. The van der Waals surface area contributed by atoms with Crippen LogP contribution in [0.15, 0.2) is 24.7 Å². The molecule has 2 rings (SSSR count). The van der Waals surface area contributed by atoms with Gasteiger partial charge in [0, 0.05) is 7.05 Å². The fourth-order valence-corrected chi connectivity index (χ4v) is 1.21. The van der Waals surface area contributed by atoms with Gasteiger partial charge in [0.15, 0.2) is 5.82 Å². The van der Waals surface area contributed by atoms with E-state index in [2.05, 4.69) is 20.5 Å². The van der Waals surface area contributed by atoms with Crippen LogP contribution in [-0.4, -0.2) is 19.7 Å². The number of hydrogen-bond donors (Lipinski definition) is 1. The molecule has 0 saturated carbocycles. The summed E-state index contributed by atoms with van der Waals surface area (Å²) < 4.78 is 1.84. The van der Waals surface area contributed by atoms with Gasteiger partial charge in [0.25, 0.3) is 0 Å². The third-order valence-electron chi connectivity index (χ3n) is 2.13. The van der Waals surface area contributed by atoms with E-state index in [1.807, 2.05) is 23.8 Å². The Hall–Kier alpha value is -2.42. The number of nitrogens with one attached hydrogen (secondary N) is 1. The van der Waals surface area contributed by atoms with Crippen molar-refractivity contribution in [3.8, 4) is 6.07 Å². The number of nitrogens with zero attached hydrogens (tertiary/aromatic N) is 5. The molecule has 2 heterocycles. The summed E-state index contributed by atoms with van der Waals surface area (Å²) in [7, 11) is 1.88. The standard InChI is InChI=1S/C10H10N6/c1-16-7-14-15-10(16)6-13-9-3-2-8(4-11)12-5-9/h2-3,5,7,13H,6H2,1H3. The zero-order valence-corrected chi connectivity index (χ0v) is 8.75. The van der Waals surface area contributed by atoms with Crippen LogP contribution in [0.5, 0.6) is 0 Å². The predicted octanol–water partition coefficient (Wildman–Crippen LogP) is 0.694. The maximum atomic E-state index is 8.59. The van der Waals surface area contributed by atoms with Crippen molar-refractivity contribution in [2.24, 2.45) is 7.05 Å². The Morgan fingerprint density at radius 2 is 2.38 bits per heavy atom. The first-order chi connectivity index (χ1) is 7.79. The first-order valence-electron chi connectivity index (χ1n) is 4.72. The van der Waals surface area contributed by atoms with Gasteiger partial charge in [-0.2, -0.15) is 5.26 Å². The lowest BCUT2D eigenvalue weighted by molar-refractivity contribution is 0.812. The van der Waals surface area contributed by atoms with Gasteiger partial charge >= 0.3 is 0 Å². The maximum absolute atomic E-state index is 8.59. The lowest BCUT2D eigenvalue weighted by atomic mass is 10.3. The average Bonchev–Trinajstić information content (AvgIpc) is 2.73. The van der Waals surface area contributed by atoms with Crippen molar-refractivity contribution in [1.82, 2.24) is 19.7 Å². The van der Waals surface area contributed by atoms with Crippen LogP contribution < -0.4 is 5.32 Å². The second-order valence-electron chi connectivity index (χ2n) is 3.26. The fourth-order valence-electron chi connectivity index (χ4n) is 1.21. The van der Waals surface area contributed by atoms with Gasteiger partial charge in [-0.1, -0.05) is 0 Å². The molecule has 0 spiro atoms. The van der Waals surface area contributed by atoms with Crippen molar-refractivity contribution in [2.45, 2.75) is 6.54 Å². The number of nitriles is 1. The molecule has 16 heavy (non-hydrogen) atoms. The molecular weight excluding hydrogens is 204 g/mol. The summed E-state index contributed by atoms with van der Waals surface area (Å²) in [5.41, 5.74) is 1.26. The molecule has 6 nitrogen and oxygen atoms in total. The Bertz CT molecular complexity index is 507. The van der Waals surface area contributed by atoms with Crippen molar-refractivity contribution in [3.05, 3.63) is 36.2 Å². The van der Waals surface area contributed by atoms with Crippen molar-refractivity contribution in [2.75, 3.05) is 5.32 Å². The number of pyridine rings is 1. The number of hydrogen-bond acceptors (Lipinski definition) is 5. The van der Waals surface area contributed by atoms with E-state index in [1.165, 1.54) is 0 Å². The second-order valence-corrected chi connectivity index (χ2v) is 3.26. The van der Waals surface area contributed by atoms with Gasteiger partial charge in [0.1, 0.15) is 18.1 Å². The summed E-state index contributed by atoms with van der Waals surface area (Å²) >= 11 is 0. The van der Waals surface area contributed by atoms with E-state index in [-0.39, 0.29) is 0 Å². The molecule has 0 aliphatic heterocycles. The van der Waals surface area contributed by atoms with E-state index in [9.17, 15) is 0 Å². The molecule has 2 aromatic rings. The molecule has 0 bridgehead atoms. The Labute approximate surface area is 92.6 Å². The van der Waals surface area contributed by atoms with Crippen LogP contribution in [0.4, 0.5) is 5.69 Å². The molecule has 0 aromatic carbocycles. The number of rotatable bonds is 3. The first kappa shape index (κ1) is 10.1. The van der Waals surface area contributed by atoms with Crippen molar-refractivity contribution in [1.29, 1.82) is 5.26 Å². The van der Waals surface area contributed by atoms with Gasteiger partial charge in [-0.25, -0.2) is 4.98 Å². The largest absolute Gasteiger partial charge is 0.376 e. The smallest absolute Gasteiger partial charge is 0.151 e. The predicted molar refractivity (Wildman–Crippen MR) is 57.3 cm³/mol. The minimum absolute atomic E-state index is 0.407. The van der Waals surface area contributed by atoms with Gasteiger partial charge < -0.3 is 9.88 Å². The Balaban J connectivity index is 2.00. The highest BCUT2D eigenvalue weighted by Crippen LogP contribution is 2.06. The number of aryl methyl sites for hydroxylation is 1. The zero-order valence-electron chi connectivity index (χ0n) is 8.75. The molecular formula is C10H10N6. The van der Waals surface area contributed by atoms with E-state index in [0.717, 1.165) is 11.5 Å². The SMILES string of the molecule is Cn1cnnc1CNc1ccc(C#N)nc1. The van der Waals surface area contributed by atoms with Gasteiger partial charge in [-0.05, 0) is 12.1 Å². The molecule has 0 amide bonds. The topological polar surface area (TPSA) is 79.4 Å². The first-order valence-corrected chi connectivity index (χ1v) is 4.72. The van der Waals surface area contributed by atoms with E-state index in [0.29, 0.717) is 12.2 Å². The van der Waals surface area contributed by atoms with Gasteiger partial charge in [0.05, 0.1) is 18.4 Å². The zero-order chi connectivity index (χ0) is 11.4. The molecule has 0 unspecified atom stereocenters. The van der Waals surface area contributed by atoms with E-state index in [1.54, 1.807) is 18.6 Å². The highest BCUT2D eigenvalue weighted by molar-refractivity contribution is 5.42. The quantitative estimate of drug-likeness (QED) is 0.813. The molecule has 0 atom stereocenters. The average molecular weight is 214 g/mol. The third-order valence-corrected chi connectivity index (χ3v) is 2.13. The maximum Gasteiger partial charge on any atom is 0.151 e. The minimum Gasteiger partial charge on any atom is -0.376 e. The number of aromatic nitrogens is 4. The highest BCUT2D eigenvalue weighted by atomic mass is 15.3. The molecule has 2 aromatic heterocycles. The lowest BCUT2D eigenvalue weighted by Gasteiger charge is -2.04. The van der Waals surface area contributed by atoms with E-state index in [4.69, 9.17) is 5.26 Å². The lowest BCUT2D eigenvalue weighted by Crippen LogP contribution is -2.05. The summed E-state index contributed by atoms with van der Waals surface area (Å²) in [6.07, 6.45) is 3.27. The molecule has 0 saturated heterocycles. The fraction of sp³-hybridized carbons (Fsp3) is 0.200. The molecule has 6 heteroatoms. The Morgan fingerprint density at radius 1 is 1.50 bits per heavy atom. The molecule has 0 aliphatic rings. The van der Waals surface area contributed by atoms with Crippen LogP contribution >= 0.6 is 0 Å². The number of anilines is 1. The van der Waals surface area contributed by atoms with E-state index >= 15 is 0 Å². The Morgan fingerprint density at radius 3 is 2.94 bits per heavy atom. The summed E-state index contributed by atoms with van der Waals surface area (Å²) in [4.78, 5) is 3.95. The summed E-state index contributed by atoms with van der Waals surface area (Å²) in [5, 5.41) is 19.5. The van der Waals surface area contributed by atoms with Crippen molar-refractivity contribution < 1.29 is 0 Å². The van der Waals surface area contributed by atoms with Gasteiger partial charge in [-0.3, -0.25) is 0 Å². The van der Waals surface area contributed by atoms with Crippen LogP contribution in [0, 0.1) is 11.3 Å². The molecule has 0 radical (unpaired) electrons. The third kappa shape index (κ3) is 2.15.